The average Bonchev–Trinajstić information content (AvgIpc) is 3.11. The van der Waals surface area contributed by atoms with E-state index >= 15 is 0 Å². The van der Waals surface area contributed by atoms with E-state index in [9.17, 15) is 14.0 Å². The van der Waals surface area contributed by atoms with E-state index in [1.54, 1.807) is 10.7 Å². The minimum atomic E-state index is -1.01. The topological polar surface area (TPSA) is 73.2 Å². The molecule has 0 unspecified atom stereocenters. The van der Waals surface area contributed by atoms with Crippen molar-refractivity contribution in [3.8, 4) is 5.69 Å². The normalized spacial score (nSPS) is 11.2. The predicted octanol–water partition coefficient (Wildman–Crippen LogP) is 4.76. The van der Waals surface area contributed by atoms with E-state index in [1.165, 1.54) is 12.1 Å². The summed E-state index contributed by atoms with van der Waals surface area (Å²) in [5, 5.41) is 7.21. The van der Waals surface area contributed by atoms with Crippen molar-refractivity contribution in [2.75, 3.05) is 11.9 Å². The highest BCUT2D eigenvalue weighted by Gasteiger charge is 2.22. The van der Waals surface area contributed by atoms with Gasteiger partial charge in [0.15, 0.2) is 6.61 Å². The van der Waals surface area contributed by atoms with Gasteiger partial charge in [-0.1, -0.05) is 56.6 Å². The lowest BCUT2D eigenvalue weighted by Crippen LogP contribution is -2.22. The van der Waals surface area contributed by atoms with Crippen LogP contribution in [0.15, 0.2) is 54.6 Å². The summed E-state index contributed by atoms with van der Waals surface area (Å²) >= 11 is 5.85. The number of carbonyl (C=O) groups excluding carboxylic acids is 2. The minimum absolute atomic E-state index is 0.0858. The summed E-state index contributed by atoms with van der Waals surface area (Å²) in [4.78, 5) is 24.5. The largest absolute Gasteiger partial charge is 0.452 e. The third-order valence-electron chi connectivity index (χ3n) is 4.25. The smallest absolute Gasteiger partial charge is 0.343 e. The van der Waals surface area contributed by atoms with Crippen LogP contribution in [0, 0.1) is 5.82 Å². The van der Waals surface area contributed by atoms with Crippen molar-refractivity contribution < 1.29 is 18.7 Å². The standard InChI is InChI=1S/C22H21ClFN3O3/c1-22(2,3)17-12-18(27(26-17)14-8-5-4-6-9-14)25-19(28)13-30-21(29)20-15(23)10-7-11-16(20)24/h4-12H,13H2,1-3H3,(H,25,28). The van der Waals surface area contributed by atoms with Crippen molar-refractivity contribution in [1.82, 2.24) is 9.78 Å². The Labute approximate surface area is 178 Å². The van der Waals surface area contributed by atoms with Crippen molar-refractivity contribution >= 4 is 29.3 Å². The fraction of sp³-hybridized carbons (Fsp3) is 0.227. The number of rotatable bonds is 5. The Balaban J connectivity index is 1.76. The molecule has 6 nitrogen and oxygen atoms in total. The van der Waals surface area contributed by atoms with Crippen molar-refractivity contribution in [2.45, 2.75) is 26.2 Å². The lowest BCUT2D eigenvalue weighted by atomic mass is 9.92. The quantitative estimate of drug-likeness (QED) is 0.593. The van der Waals surface area contributed by atoms with E-state index in [0.717, 1.165) is 17.4 Å². The summed E-state index contributed by atoms with van der Waals surface area (Å²) in [5.74, 6) is -1.99. The molecule has 3 aromatic rings. The number of nitrogens with zero attached hydrogens (tertiary/aromatic N) is 2. The van der Waals surface area contributed by atoms with Crippen molar-refractivity contribution in [2.24, 2.45) is 0 Å². The number of hydrogen-bond donors (Lipinski definition) is 1. The van der Waals surface area contributed by atoms with Crippen molar-refractivity contribution in [3.63, 3.8) is 0 Å². The Bertz CT molecular complexity index is 1050. The Morgan fingerprint density at radius 2 is 1.83 bits per heavy atom. The van der Waals surface area contributed by atoms with Crippen LogP contribution in [0.25, 0.3) is 5.69 Å². The number of carbonyl (C=O) groups is 2. The monoisotopic (exact) mass is 429 g/mol. The SMILES string of the molecule is CC(C)(C)c1cc(NC(=O)COC(=O)c2c(F)cccc2Cl)n(-c2ccccc2)n1. The maximum atomic E-state index is 13.8. The summed E-state index contributed by atoms with van der Waals surface area (Å²) < 4.78 is 20.4. The fourth-order valence-corrected chi connectivity index (χ4v) is 2.92. The summed E-state index contributed by atoms with van der Waals surface area (Å²) in [6, 6.07) is 14.9. The average molecular weight is 430 g/mol. The Kier molecular flexibility index (Phi) is 6.22. The molecule has 0 fully saturated rings. The Morgan fingerprint density at radius 3 is 2.47 bits per heavy atom. The molecule has 8 heteroatoms. The van der Waals surface area contributed by atoms with Gasteiger partial charge in [-0.15, -0.1) is 0 Å². The van der Waals surface area contributed by atoms with Gasteiger partial charge in [0, 0.05) is 11.5 Å². The fourth-order valence-electron chi connectivity index (χ4n) is 2.68. The predicted molar refractivity (Wildman–Crippen MR) is 113 cm³/mol. The van der Waals surface area contributed by atoms with E-state index in [4.69, 9.17) is 16.3 Å². The summed E-state index contributed by atoms with van der Waals surface area (Å²) in [6.07, 6.45) is 0. The molecule has 0 aliphatic heterocycles. The van der Waals surface area contributed by atoms with Gasteiger partial charge in [-0.2, -0.15) is 5.10 Å². The van der Waals surface area contributed by atoms with Crippen LogP contribution in [0.1, 0.15) is 36.8 Å². The number of ether oxygens (including phenoxy) is 1. The van der Waals surface area contributed by atoms with Gasteiger partial charge < -0.3 is 10.1 Å². The lowest BCUT2D eigenvalue weighted by Gasteiger charge is -2.14. The number of para-hydroxylation sites is 1. The number of esters is 1. The molecule has 1 aromatic heterocycles. The van der Waals surface area contributed by atoms with Gasteiger partial charge in [0.2, 0.25) is 0 Å². The zero-order chi connectivity index (χ0) is 21.9. The molecule has 0 radical (unpaired) electrons. The molecule has 0 aliphatic rings. The first-order valence-corrected chi connectivity index (χ1v) is 9.61. The van der Waals surface area contributed by atoms with Crippen LogP contribution in [0.4, 0.5) is 10.2 Å². The first-order valence-electron chi connectivity index (χ1n) is 9.24. The van der Waals surface area contributed by atoms with E-state index in [1.807, 2.05) is 51.1 Å². The minimum Gasteiger partial charge on any atom is -0.452 e. The van der Waals surface area contributed by atoms with Crippen LogP contribution >= 0.6 is 11.6 Å². The number of hydrogen-bond acceptors (Lipinski definition) is 4. The highest BCUT2D eigenvalue weighted by Crippen LogP contribution is 2.26. The molecule has 1 heterocycles. The van der Waals surface area contributed by atoms with E-state index < -0.39 is 29.9 Å². The molecule has 1 N–H and O–H groups in total. The summed E-state index contributed by atoms with van der Waals surface area (Å²) in [5.41, 5.74) is 0.889. The van der Waals surface area contributed by atoms with Gasteiger partial charge in [-0.3, -0.25) is 4.79 Å². The number of nitrogens with one attached hydrogen (secondary N) is 1. The van der Waals surface area contributed by atoms with Gasteiger partial charge in [-0.05, 0) is 24.3 Å². The molecular weight excluding hydrogens is 409 g/mol. The number of aromatic nitrogens is 2. The number of anilines is 1. The van der Waals surface area contributed by atoms with Gasteiger partial charge in [0.25, 0.3) is 5.91 Å². The summed E-state index contributed by atoms with van der Waals surface area (Å²) in [6.45, 7) is 5.43. The second-order valence-electron chi connectivity index (χ2n) is 7.63. The molecule has 0 saturated heterocycles. The Hall–Kier alpha value is -3.19. The van der Waals surface area contributed by atoms with E-state index in [-0.39, 0.29) is 10.4 Å². The molecule has 156 valence electrons. The van der Waals surface area contributed by atoms with Crippen LogP contribution in [0.5, 0.6) is 0 Å². The van der Waals surface area contributed by atoms with Gasteiger partial charge in [-0.25, -0.2) is 13.9 Å². The van der Waals surface area contributed by atoms with Crippen LogP contribution in [0.3, 0.4) is 0 Å². The molecule has 30 heavy (non-hydrogen) atoms. The van der Waals surface area contributed by atoms with E-state index in [0.29, 0.717) is 5.82 Å². The third-order valence-corrected chi connectivity index (χ3v) is 4.56. The van der Waals surface area contributed by atoms with Gasteiger partial charge in [0.05, 0.1) is 16.4 Å². The zero-order valence-corrected chi connectivity index (χ0v) is 17.5. The third kappa shape index (κ3) is 4.86. The van der Waals surface area contributed by atoms with Crippen LogP contribution < -0.4 is 5.32 Å². The molecule has 1 amide bonds. The maximum Gasteiger partial charge on any atom is 0.343 e. The van der Waals surface area contributed by atoms with Crippen LogP contribution in [0.2, 0.25) is 5.02 Å². The number of benzene rings is 2. The van der Waals surface area contributed by atoms with E-state index in [2.05, 4.69) is 10.4 Å². The van der Waals surface area contributed by atoms with Gasteiger partial charge >= 0.3 is 5.97 Å². The van der Waals surface area contributed by atoms with Crippen LogP contribution in [-0.2, 0) is 14.9 Å². The molecule has 3 rings (SSSR count). The number of halogens is 2. The molecule has 2 aromatic carbocycles. The maximum absolute atomic E-state index is 13.8. The molecular formula is C22H21ClFN3O3. The van der Waals surface area contributed by atoms with Crippen molar-refractivity contribution in [1.29, 1.82) is 0 Å². The molecule has 0 bridgehead atoms. The number of amides is 1. The molecule has 0 spiro atoms. The molecule has 0 atom stereocenters. The van der Waals surface area contributed by atoms with Crippen molar-refractivity contribution in [3.05, 3.63) is 76.7 Å². The first-order chi connectivity index (χ1) is 14.2. The first kappa shape index (κ1) is 21.5. The Morgan fingerprint density at radius 1 is 1.13 bits per heavy atom. The highest BCUT2D eigenvalue weighted by molar-refractivity contribution is 6.33. The zero-order valence-electron chi connectivity index (χ0n) is 16.8. The van der Waals surface area contributed by atoms with Gasteiger partial charge in [0.1, 0.15) is 17.2 Å². The second kappa shape index (κ2) is 8.67. The molecule has 0 aliphatic carbocycles. The highest BCUT2D eigenvalue weighted by atomic mass is 35.5. The molecule has 0 saturated carbocycles. The second-order valence-corrected chi connectivity index (χ2v) is 8.04. The summed E-state index contributed by atoms with van der Waals surface area (Å²) in [7, 11) is 0. The van der Waals surface area contributed by atoms with Crippen LogP contribution in [-0.4, -0.2) is 28.3 Å². The lowest BCUT2D eigenvalue weighted by molar-refractivity contribution is -0.119.